The molecule has 1 N–H and O–H groups in total. The lowest BCUT2D eigenvalue weighted by molar-refractivity contribution is 0.522. The van der Waals surface area contributed by atoms with E-state index < -0.39 is 9.84 Å². The normalized spacial score (nSPS) is 22.0. The lowest BCUT2D eigenvalue weighted by Crippen LogP contribution is -2.23. The fourth-order valence-electron chi connectivity index (χ4n) is 2.61. The Labute approximate surface area is 117 Å². The second-order valence-electron chi connectivity index (χ2n) is 5.16. The Morgan fingerprint density at radius 1 is 1.32 bits per heavy atom. The van der Waals surface area contributed by atoms with Gasteiger partial charge in [0.1, 0.15) is 0 Å². The number of fused-ring (bicyclic) bond motifs is 1. The van der Waals surface area contributed by atoms with Crippen molar-refractivity contribution in [2.45, 2.75) is 13.0 Å². The van der Waals surface area contributed by atoms with Crippen LogP contribution >= 0.6 is 11.3 Å². The van der Waals surface area contributed by atoms with Gasteiger partial charge in [-0.3, -0.25) is 0 Å². The number of hydrogen-bond acceptors (Lipinski definition) is 4. The Kier molecular flexibility index (Phi) is 3.60. The first-order chi connectivity index (χ1) is 9.14. The Balaban J connectivity index is 1.58. The average molecular weight is 295 g/mol. The van der Waals surface area contributed by atoms with Crippen LogP contribution in [0.4, 0.5) is 0 Å². The quantitative estimate of drug-likeness (QED) is 0.942. The van der Waals surface area contributed by atoms with E-state index in [2.05, 4.69) is 35.0 Å². The molecular weight excluding hydrogens is 278 g/mol. The zero-order valence-electron chi connectivity index (χ0n) is 10.6. The molecule has 0 aliphatic carbocycles. The van der Waals surface area contributed by atoms with Gasteiger partial charge in [-0.2, -0.15) is 0 Å². The molecule has 0 saturated carbocycles. The molecule has 5 heteroatoms. The topological polar surface area (TPSA) is 46.2 Å². The van der Waals surface area contributed by atoms with Crippen LogP contribution in [-0.4, -0.2) is 26.5 Å². The summed E-state index contributed by atoms with van der Waals surface area (Å²) < 4.78 is 24.1. The van der Waals surface area contributed by atoms with Gasteiger partial charge >= 0.3 is 0 Å². The first-order valence-corrected chi connectivity index (χ1v) is 9.20. The van der Waals surface area contributed by atoms with Gasteiger partial charge in [0.15, 0.2) is 9.84 Å². The molecule has 2 aromatic rings. The van der Waals surface area contributed by atoms with Gasteiger partial charge in [-0.05, 0) is 41.3 Å². The standard InChI is InChI=1S/C14H17NO2S2/c16-19(17)6-5-11(10-19)7-15-8-12-9-18-14-4-2-1-3-13(12)14/h1-4,9,11,15H,5-8,10H2. The number of sulfone groups is 1. The van der Waals surface area contributed by atoms with Crippen molar-refractivity contribution in [3.05, 3.63) is 35.2 Å². The van der Waals surface area contributed by atoms with Gasteiger partial charge in [-0.1, -0.05) is 18.2 Å². The summed E-state index contributed by atoms with van der Waals surface area (Å²) in [5.41, 5.74) is 1.31. The Morgan fingerprint density at radius 2 is 2.16 bits per heavy atom. The summed E-state index contributed by atoms with van der Waals surface area (Å²) in [6.07, 6.45) is 0.805. The van der Waals surface area contributed by atoms with E-state index in [-0.39, 0.29) is 5.92 Å². The molecule has 102 valence electrons. The van der Waals surface area contributed by atoms with Crippen LogP contribution in [0.2, 0.25) is 0 Å². The first kappa shape index (κ1) is 13.1. The van der Waals surface area contributed by atoms with Gasteiger partial charge in [0, 0.05) is 11.2 Å². The summed E-state index contributed by atoms with van der Waals surface area (Å²) in [5, 5.41) is 6.89. The van der Waals surface area contributed by atoms with E-state index >= 15 is 0 Å². The molecule has 3 nitrogen and oxygen atoms in total. The Hall–Kier alpha value is -0.910. The van der Waals surface area contributed by atoms with Crippen molar-refractivity contribution in [1.29, 1.82) is 0 Å². The summed E-state index contributed by atoms with van der Waals surface area (Å²) in [4.78, 5) is 0. The van der Waals surface area contributed by atoms with Crippen LogP contribution in [0.3, 0.4) is 0 Å². The van der Waals surface area contributed by atoms with E-state index in [0.717, 1.165) is 19.5 Å². The van der Waals surface area contributed by atoms with E-state index in [1.54, 1.807) is 11.3 Å². The van der Waals surface area contributed by atoms with Crippen molar-refractivity contribution >= 4 is 31.3 Å². The number of rotatable bonds is 4. The monoisotopic (exact) mass is 295 g/mol. The molecular formula is C14H17NO2S2. The predicted octanol–water partition coefficient (Wildman–Crippen LogP) is 2.43. The smallest absolute Gasteiger partial charge is 0.150 e. The lowest BCUT2D eigenvalue weighted by atomic mass is 10.1. The molecule has 19 heavy (non-hydrogen) atoms. The van der Waals surface area contributed by atoms with Crippen molar-refractivity contribution < 1.29 is 8.42 Å². The molecule has 3 rings (SSSR count). The van der Waals surface area contributed by atoms with Crippen molar-refractivity contribution in [1.82, 2.24) is 5.32 Å². The van der Waals surface area contributed by atoms with Gasteiger partial charge in [-0.25, -0.2) is 8.42 Å². The SMILES string of the molecule is O=S1(=O)CCC(CNCc2csc3ccccc23)C1. The maximum atomic E-state index is 11.4. The molecule has 2 heterocycles. The summed E-state index contributed by atoms with van der Waals surface area (Å²) in [6, 6.07) is 8.39. The minimum atomic E-state index is -2.75. The number of nitrogens with one attached hydrogen (secondary N) is 1. The predicted molar refractivity (Wildman–Crippen MR) is 80.3 cm³/mol. The maximum absolute atomic E-state index is 11.4. The molecule has 0 amide bonds. The highest BCUT2D eigenvalue weighted by Gasteiger charge is 2.27. The molecule has 1 aliphatic heterocycles. The van der Waals surface area contributed by atoms with Gasteiger partial charge in [0.2, 0.25) is 0 Å². The van der Waals surface area contributed by atoms with Gasteiger partial charge in [0.05, 0.1) is 11.5 Å². The van der Waals surface area contributed by atoms with Gasteiger partial charge in [-0.15, -0.1) is 11.3 Å². The van der Waals surface area contributed by atoms with Crippen molar-refractivity contribution in [3.8, 4) is 0 Å². The Morgan fingerprint density at radius 3 is 2.95 bits per heavy atom. The first-order valence-electron chi connectivity index (χ1n) is 6.50. The second kappa shape index (κ2) is 5.23. The summed E-state index contributed by atoms with van der Waals surface area (Å²) in [7, 11) is -2.75. The number of hydrogen-bond donors (Lipinski definition) is 1. The van der Waals surface area contributed by atoms with Crippen LogP contribution in [0.1, 0.15) is 12.0 Å². The van der Waals surface area contributed by atoms with E-state index in [4.69, 9.17) is 0 Å². The van der Waals surface area contributed by atoms with Crippen LogP contribution < -0.4 is 5.32 Å². The van der Waals surface area contributed by atoms with Gasteiger partial charge < -0.3 is 5.32 Å². The third kappa shape index (κ3) is 2.99. The minimum absolute atomic E-state index is 0.287. The number of benzene rings is 1. The summed E-state index contributed by atoms with van der Waals surface area (Å²) >= 11 is 1.76. The highest BCUT2D eigenvalue weighted by atomic mass is 32.2. The molecule has 1 aromatic heterocycles. The molecule has 1 atom stereocenters. The van der Waals surface area contributed by atoms with Crippen molar-refractivity contribution in [3.63, 3.8) is 0 Å². The minimum Gasteiger partial charge on any atom is -0.312 e. The van der Waals surface area contributed by atoms with Crippen LogP contribution in [0.15, 0.2) is 29.6 Å². The third-order valence-electron chi connectivity index (χ3n) is 3.64. The molecule has 0 spiro atoms. The zero-order chi connectivity index (χ0) is 13.3. The highest BCUT2D eigenvalue weighted by Crippen LogP contribution is 2.25. The molecule has 0 radical (unpaired) electrons. The molecule has 1 aliphatic rings. The van der Waals surface area contributed by atoms with E-state index in [1.165, 1.54) is 15.6 Å². The molecule has 0 bridgehead atoms. The fourth-order valence-corrected chi connectivity index (χ4v) is 5.44. The summed E-state index contributed by atoms with van der Waals surface area (Å²) in [6.45, 7) is 1.62. The fraction of sp³-hybridized carbons (Fsp3) is 0.429. The lowest BCUT2D eigenvalue weighted by Gasteiger charge is -2.08. The van der Waals surface area contributed by atoms with Crippen LogP contribution in [-0.2, 0) is 16.4 Å². The third-order valence-corrected chi connectivity index (χ3v) is 6.49. The van der Waals surface area contributed by atoms with Gasteiger partial charge in [0.25, 0.3) is 0 Å². The van der Waals surface area contributed by atoms with Crippen molar-refractivity contribution in [2.24, 2.45) is 5.92 Å². The van der Waals surface area contributed by atoms with Crippen LogP contribution in [0.25, 0.3) is 10.1 Å². The molecule has 1 unspecified atom stereocenters. The van der Waals surface area contributed by atoms with E-state index in [9.17, 15) is 8.42 Å². The molecule has 1 aromatic carbocycles. The van der Waals surface area contributed by atoms with Crippen LogP contribution in [0, 0.1) is 5.92 Å². The zero-order valence-corrected chi connectivity index (χ0v) is 12.3. The van der Waals surface area contributed by atoms with Crippen molar-refractivity contribution in [2.75, 3.05) is 18.1 Å². The largest absolute Gasteiger partial charge is 0.312 e. The number of thiophene rings is 1. The molecule has 1 saturated heterocycles. The van der Waals surface area contributed by atoms with E-state index in [1.807, 2.05) is 0 Å². The molecule has 1 fully saturated rings. The highest BCUT2D eigenvalue weighted by molar-refractivity contribution is 7.91. The van der Waals surface area contributed by atoms with E-state index in [0.29, 0.717) is 11.5 Å². The summed E-state index contributed by atoms with van der Waals surface area (Å²) in [5.74, 6) is 1.00. The second-order valence-corrected chi connectivity index (χ2v) is 8.30. The Bertz CT molecular complexity index is 676. The van der Waals surface area contributed by atoms with Crippen LogP contribution in [0.5, 0.6) is 0 Å². The maximum Gasteiger partial charge on any atom is 0.150 e. The average Bonchev–Trinajstić information content (AvgIpc) is 2.94.